The highest BCUT2D eigenvalue weighted by atomic mass is 32.1. The molecule has 0 unspecified atom stereocenters. The van der Waals surface area contributed by atoms with Crippen LogP contribution in [0.15, 0.2) is 22.6 Å². The van der Waals surface area contributed by atoms with Crippen molar-refractivity contribution < 1.29 is 18.4 Å². The van der Waals surface area contributed by atoms with E-state index in [2.05, 4.69) is 0 Å². The average Bonchev–Trinajstić information content (AvgIpc) is 3.07. The third kappa shape index (κ3) is 3.27. The highest BCUT2D eigenvalue weighted by Crippen LogP contribution is 2.43. The highest BCUT2D eigenvalue weighted by molar-refractivity contribution is 7.08. The molecule has 2 aliphatic rings. The van der Waals surface area contributed by atoms with Crippen molar-refractivity contribution in [3.8, 4) is 0 Å². The molecule has 1 aromatic rings. The minimum atomic E-state index is -0.933. The minimum absolute atomic E-state index is 0.150. The van der Waals surface area contributed by atoms with Crippen LogP contribution in [0.5, 0.6) is 0 Å². The molecule has 126 valence electrons. The quantitative estimate of drug-likeness (QED) is 0.760. The molecule has 6 heteroatoms. The zero-order valence-electron chi connectivity index (χ0n) is 14.2. The summed E-state index contributed by atoms with van der Waals surface area (Å²) in [5, 5.41) is 3.97. The lowest BCUT2D eigenvalue weighted by atomic mass is 9.77. The molecule has 3 heterocycles. The van der Waals surface area contributed by atoms with Crippen LogP contribution in [0, 0.1) is 5.92 Å². The number of hydrogen-bond donors (Lipinski definition) is 0. The molecule has 2 aliphatic heterocycles. The Kier molecular flexibility index (Phi) is 4.71. The van der Waals surface area contributed by atoms with Crippen LogP contribution >= 0.6 is 11.3 Å². The largest absolute Gasteiger partial charge is 0.525 e. The number of hydrogen-bond acceptors (Lipinski definition) is 4. The molecule has 0 spiro atoms. The maximum atomic E-state index is 15.4. The van der Waals surface area contributed by atoms with Crippen LogP contribution in [0.2, 0.25) is 0 Å². The molecule has 2 fully saturated rings. The first-order valence-corrected chi connectivity index (χ1v) is 9.11. The molecule has 2 saturated heterocycles. The Hall–Kier alpha value is -0.685. The second-order valence-electron chi connectivity index (χ2n) is 7.25. The lowest BCUT2D eigenvalue weighted by Gasteiger charge is -2.32. The monoisotopic (exact) mass is 338 g/mol. The van der Waals surface area contributed by atoms with Gasteiger partial charge in [-0.15, -0.1) is 0 Å². The topological polar surface area (TPSA) is 27.7 Å². The Bertz CT molecular complexity index is 561. The summed E-state index contributed by atoms with van der Waals surface area (Å²) >= 11 is 1.58. The number of thiophene rings is 1. The third-order valence-electron chi connectivity index (χ3n) is 5.18. The first kappa shape index (κ1) is 17.1. The summed E-state index contributed by atoms with van der Waals surface area (Å²) in [5.74, 6) is 0.150. The van der Waals surface area contributed by atoms with Crippen molar-refractivity contribution in [1.29, 1.82) is 0 Å². The van der Waals surface area contributed by atoms with E-state index in [-0.39, 0.29) is 11.6 Å². The van der Waals surface area contributed by atoms with Gasteiger partial charge in [-0.3, -0.25) is 0 Å². The summed E-state index contributed by atoms with van der Waals surface area (Å²) in [4.78, 5) is 0. The molecule has 0 N–H and O–H groups in total. The fraction of sp³-hybridized carbons (Fsp3) is 0.647. The number of allylic oxidation sites excluding steroid dienone is 1. The Morgan fingerprint density at radius 2 is 1.78 bits per heavy atom. The first-order valence-electron chi connectivity index (χ1n) is 8.17. The Morgan fingerprint density at radius 3 is 2.30 bits per heavy atom. The molecular weight excluding hydrogens is 314 g/mol. The SMILES string of the molecule is CC1(C)OB(C(F)=C(c2ccsc2)C2CCOCC2)OC1(C)C. The van der Waals surface area contributed by atoms with E-state index in [0.717, 1.165) is 24.0 Å². The van der Waals surface area contributed by atoms with Crippen molar-refractivity contribution in [3.05, 3.63) is 28.1 Å². The average molecular weight is 338 g/mol. The lowest BCUT2D eigenvalue weighted by Crippen LogP contribution is -2.41. The Morgan fingerprint density at radius 1 is 1.17 bits per heavy atom. The van der Waals surface area contributed by atoms with Gasteiger partial charge in [-0.2, -0.15) is 11.3 Å². The lowest BCUT2D eigenvalue weighted by molar-refractivity contribution is 0.00578. The predicted molar refractivity (Wildman–Crippen MR) is 92.0 cm³/mol. The van der Waals surface area contributed by atoms with Crippen molar-refractivity contribution in [2.75, 3.05) is 13.2 Å². The van der Waals surface area contributed by atoms with Crippen LogP contribution in [-0.2, 0) is 14.0 Å². The maximum Gasteiger partial charge on any atom is 0.525 e. The van der Waals surface area contributed by atoms with Crippen molar-refractivity contribution in [3.63, 3.8) is 0 Å². The van der Waals surface area contributed by atoms with E-state index in [0.29, 0.717) is 13.2 Å². The molecule has 0 aromatic carbocycles. The zero-order chi connectivity index (χ0) is 16.7. The zero-order valence-corrected chi connectivity index (χ0v) is 15.0. The van der Waals surface area contributed by atoms with Crippen molar-refractivity contribution in [1.82, 2.24) is 0 Å². The molecule has 0 bridgehead atoms. The van der Waals surface area contributed by atoms with E-state index in [1.807, 2.05) is 44.5 Å². The van der Waals surface area contributed by atoms with E-state index < -0.39 is 18.3 Å². The molecule has 1 aromatic heterocycles. The third-order valence-corrected chi connectivity index (χ3v) is 5.86. The van der Waals surface area contributed by atoms with E-state index in [1.54, 1.807) is 11.3 Å². The maximum absolute atomic E-state index is 15.4. The van der Waals surface area contributed by atoms with E-state index in [1.165, 1.54) is 0 Å². The van der Waals surface area contributed by atoms with Gasteiger partial charge in [0.15, 0.2) is 0 Å². The van der Waals surface area contributed by atoms with Crippen molar-refractivity contribution in [2.24, 2.45) is 5.92 Å². The van der Waals surface area contributed by atoms with Crippen LogP contribution in [0.1, 0.15) is 46.1 Å². The number of rotatable bonds is 3. The standard InChI is InChI=1S/C17H24BFO3S/c1-16(2)17(3,4)22-18(21-16)15(19)14(13-7-10-23-11-13)12-5-8-20-9-6-12/h7,10-12H,5-6,8-9H2,1-4H3. The Labute approximate surface area is 142 Å². The van der Waals surface area contributed by atoms with E-state index >= 15 is 4.39 Å². The van der Waals surface area contributed by atoms with Gasteiger partial charge in [-0.1, -0.05) is 0 Å². The molecule has 0 atom stereocenters. The van der Waals surface area contributed by atoms with Gasteiger partial charge in [-0.25, -0.2) is 4.39 Å². The molecule has 0 saturated carbocycles. The van der Waals surface area contributed by atoms with Gasteiger partial charge in [0.25, 0.3) is 0 Å². The van der Waals surface area contributed by atoms with Crippen molar-refractivity contribution >= 4 is 24.0 Å². The van der Waals surface area contributed by atoms with Crippen LogP contribution in [0.4, 0.5) is 4.39 Å². The van der Waals surface area contributed by atoms with E-state index in [4.69, 9.17) is 14.0 Å². The molecular formula is C17H24BFO3S. The van der Waals surface area contributed by atoms with Gasteiger partial charge in [0.1, 0.15) is 5.73 Å². The van der Waals surface area contributed by atoms with Gasteiger partial charge in [0.2, 0.25) is 0 Å². The van der Waals surface area contributed by atoms with Gasteiger partial charge in [-0.05, 0) is 74.4 Å². The smallest absolute Gasteiger partial charge is 0.398 e. The van der Waals surface area contributed by atoms with Crippen LogP contribution < -0.4 is 0 Å². The molecule has 0 radical (unpaired) electrons. The van der Waals surface area contributed by atoms with Gasteiger partial charge < -0.3 is 14.0 Å². The molecule has 3 nitrogen and oxygen atoms in total. The number of ether oxygens (including phenoxy) is 1. The second-order valence-corrected chi connectivity index (χ2v) is 8.03. The highest BCUT2D eigenvalue weighted by Gasteiger charge is 2.54. The summed E-state index contributed by atoms with van der Waals surface area (Å²) in [6.07, 6.45) is 1.66. The Balaban J connectivity index is 1.96. The van der Waals surface area contributed by atoms with Crippen LogP contribution in [0.3, 0.4) is 0 Å². The molecule has 0 aliphatic carbocycles. The minimum Gasteiger partial charge on any atom is -0.398 e. The predicted octanol–water partition coefficient (Wildman–Crippen LogP) is 4.49. The normalized spacial score (nSPS) is 25.5. The van der Waals surface area contributed by atoms with Crippen molar-refractivity contribution in [2.45, 2.75) is 51.7 Å². The molecule has 0 amide bonds. The summed E-state index contributed by atoms with van der Waals surface area (Å²) in [7, 11) is -0.933. The summed E-state index contributed by atoms with van der Waals surface area (Å²) in [6.45, 7) is 9.12. The molecule has 23 heavy (non-hydrogen) atoms. The van der Waals surface area contributed by atoms with Gasteiger partial charge in [0, 0.05) is 13.2 Å². The summed E-state index contributed by atoms with van der Waals surface area (Å²) in [6, 6.07) is 1.97. The van der Waals surface area contributed by atoms with Gasteiger partial charge in [0.05, 0.1) is 11.2 Å². The summed E-state index contributed by atoms with van der Waals surface area (Å²) < 4.78 is 32.7. The fourth-order valence-electron chi connectivity index (χ4n) is 3.05. The van der Waals surface area contributed by atoms with E-state index in [9.17, 15) is 0 Å². The number of halogens is 1. The van der Waals surface area contributed by atoms with Crippen LogP contribution in [0.25, 0.3) is 5.57 Å². The fourth-order valence-corrected chi connectivity index (χ4v) is 3.70. The molecule has 3 rings (SSSR count). The first-order chi connectivity index (χ1) is 10.8. The van der Waals surface area contributed by atoms with Gasteiger partial charge >= 0.3 is 7.12 Å². The second kappa shape index (κ2) is 6.32. The summed E-state index contributed by atoms with van der Waals surface area (Å²) in [5.41, 5.74) is 0.311. The van der Waals surface area contributed by atoms with Crippen LogP contribution in [-0.4, -0.2) is 31.5 Å².